The smallest absolute Gasteiger partial charge is 0.231 e. The molecule has 5 nitrogen and oxygen atoms in total. The van der Waals surface area contributed by atoms with Crippen molar-refractivity contribution in [2.45, 2.75) is 0 Å². The second-order valence-electron chi connectivity index (χ2n) is 7.01. The average Bonchev–Trinajstić information content (AvgIpc) is 3.44. The fourth-order valence-electron chi connectivity index (χ4n) is 3.28. The minimum absolute atomic E-state index is 0. The van der Waals surface area contributed by atoms with Crippen molar-refractivity contribution in [3.63, 3.8) is 0 Å². The zero-order valence-electron chi connectivity index (χ0n) is 17.6. The third kappa shape index (κ3) is 4.80. The second-order valence-corrected chi connectivity index (χ2v) is 8.04. The summed E-state index contributed by atoms with van der Waals surface area (Å²) in [7, 11) is 0. The first kappa shape index (κ1) is 22.6. The number of aromatic nitrogens is 2. The van der Waals surface area contributed by atoms with Crippen LogP contribution in [0, 0.1) is 0 Å². The molecule has 6 rings (SSSR count). The molecule has 7 heteroatoms. The number of oxazole rings is 1. The van der Waals surface area contributed by atoms with E-state index in [0.717, 1.165) is 31.9 Å². The Bertz CT molecular complexity index is 1350. The molecule has 4 aromatic carbocycles. The number of nitrogens with zero attached hydrogens (tertiary/aromatic N) is 2. The van der Waals surface area contributed by atoms with E-state index < -0.39 is 0 Å². The van der Waals surface area contributed by atoms with E-state index in [-0.39, 0.29) is 31.0 Å². The molecule has 0 aliphatic carbocycles. The van der Waals surface area contributed by atoms with Crippen LogP contribution in [0.2, 0.25) is 0 Å². The van der Waals surface area contributed by atoms with Gasteiger partial charge in [-0.1, -0.05) is 48.5 Å². The van der Waals surface area contributed by atoms with Crippen LogP contribution in [0.4, 0.5) is 0 Å². The summed E-state index contributed by atoms with van der Waals surface area (Å²) in [4.78, 5) is 8.82. The zero-order valence-corrected chi connectivity index (χ0v) is 21.3. The molecule has 0 saturated carbocycles. The Balaban J connectivity index is 0.000000152. The molecule has 2 heterocycles. The summed E-state index contributed by atoms with van der Waals surface area (Å²) in [5.74, 6) is 0.898. The van der Waals surface area contributed by atoms with Crippen molar-refractivity contribution >= 4 is 32.7 Å². The third-order valence-corrected chi connectivity index (χ3v) is 5.93. The van der Waals surface area contributed by atoms with Crippen LogP contribution in [0.3, 0.4) is 0 Å². The number of phenols is 2. The molecule has 0 unspecified atom stereocenters. The first-order chi connectivity index (χ1) is 15.7. The van der Waals surface area contributed by atoms with Crippen LogP contribution in [-0.4, -0.2) is 20.2 Å². The molecule has 0 spiro atoms. The van der Waals surface area contributed by atoms with Gasteiger partial charge in [-0.3, -0.25) is 0 Å². The second kappa shape index (κ2) is 9.94. The molecule has 0 bridgehead atoms. The van der Waals surface area contributed by atoms with Crippen molar-refractivity contribution in [2.75, 3.05) is 0 Å². The van der Waals surface area contributed by atoms with Gasteiger partial charge in [0.05, 0.1) is 21.3 Å². The van der Waals surface area contributed by atoms with E-state index in [0.29, 0.717) is 11.5 Å². The Kier molecular flexibility index (Phi) is 6.83. The average molecular weight is 504 g/mol. The molecule has 6 aromatic rings. The first-order valence-corrected chi connectivity index (χ1v) is 10.8. The summed E-state index contributed by atoms with van der Waals surface area (Å²) in [6, 6.07) is 29.8. The molecule has 0 saturated heterocycles. The molecule has 0 aliphatic heterocycles. The van der Waals surface area contributed by atoms with Crippen LogP contribution in [-0.2, 0) is 19.5 Å². The summed E-state index contributed by atoms with van der Waals surface area (Å²) in [5, 5.41) is 20.3. The Morgan fingerprint density at radius 2 is 1.18 bits per heavy atom. The fraction of sp³-hybridized carbons (Fsp3) is 0. The maximum Gasteiger partial charge on any atom is 0.231 e. The van der Waals surface area contributed by atoms with Crippen molar-refractivity contribution < 1.29 is 34.1 Å². The van der Waals surface area contributed by atoms with Crippen molar-refractivity contribution in [1.29, 1.82) is 0 Å². The predicted molar refractivity (Wildman–Crippen MR) is 128 cm³/mol. The van der Waals surface area contributed by atoms with E-state index in [1.165, 1.54) is 0 Å². The predicted octanol–water partition coefficient (Wildman–Crippen LogP) is 6.87. The molecule has 0 atom stereocenters. The minimum atomic E-state index is 0. The Morgan fingerprint density at radius 1 is 0.606 bits per heavy atom. The molecular weight excluding hydrogens is 486 g/mol. The summed E-state index contributed by atoms with van der Waals surface area (Å²) in [6.45, 7) is 0. The van der Waals surface area contributed by atoms with Crippen LogP contribution in [0.15, 0.2) is 101 Å². The molecule has 158 valence electrons. The maximum atomic E-state index is 9.76. The molecule has 0 aliphatic rings. The number of hydrogen-bond acceptors (Lipinski definition) is 6. The van der Waals surface area contributed by atoms with Gasteiger partial charge >= 0.3 is 0 Å². The quantitative estimate of drug-likeness (QED) is 0.252. The maximum absolute atomic E-state index is 9.76. The van der Waals surface area contributed by atoms with E-state index in [4.69, 9.17) is 4.42 Å². The number of rotatable bonds is 2. The molecule has 2 aromatic heterocycles. The molecule has 0 radical (unpaired) electrons. The molecule has 0 amide bonds. The molecule has 0 fully saturated rings. The van der Waals surface area contributed by atoms with Crippen LogP contribution in [0.25, 0.3) is 43.3 Å². The largest absolute Gasteiger partial charge is 0.507 e. The fourth-order valence-corrected chi connectivity index (χ4v) is 4.28. The van der Waals surface area contributed by atoms with Gasteiger partial charge in [0.2, 0.25) is 5.89 Å². The van der Waals surface area contributed by atoms with Crippen LogP contribution < -0.4 is 0 Å². The molecule has 2 N–H and O–H groups in total. The zero-order chi connectivity index (χ0) is 21.9. The standard InChI is InChI=1S/C13H9NO2.C13H9NOS.Zn/c2*15-11-7-3-1-5-9(11)13-14-10-6-2-4-8-12(10)16-13;/h2*1-8,15H;. The third-order valence-electron chi connectivity index (χ3n) is 4.86. The Morgan fingerprint density at radius 3 is 1.85 bits per heavy atom. The number of benzene rings is 4. The Hall–Kier alpha value is -3.54. The summed E-state index contributed by atoms with van der Waals surface area (Å²) in [5.41, 5.74) is 3.90. The Labute approximate surface area is 206 Å². The van der Waals surface area contributed by atoms with Gasteiger partial charge in [0.25, 0.3) is 0 Å². The molecular formula is C26H18N2O3SZn. The normalized spacial score (nSPS) is 10.4. The van der Waals surface area contributed by atoms with Gasteiger partial charge < -0.3 is 14.6 Å². The minimum Gasteiger partial charge on any atom is -0.507 e. The van der Waals surface area contributed by atoms with Gasteiger partial charge in [0.1, 0.15) is 22.0 Å². The van der Waals surface area contributed by atoms with Crippen molar-refractivity contribution in [3.05, 3.63) is 97.1 Å². The van der Waals surface area contributed by atoms with Crippen molar-refractivity contribution in [2.24, 2.45) is 0 Å². The number of fused-ring (bicyclic) bond motifs is 2. The summed E-state index contributed by atoms with van der Waals surface area (Å²) in [6.07, 6.45) is 0. The van der Waals surface area contributed by atoms with Gasteiger partial charge in [0.15, 0.2) is 5.58 Å². The molecule has 33 heavy (non-hydrogen) atoms. The van der Waals surface area contributed by atoms with Crippen molar-refractivity contribution in [1.82, 2.24) is 9.97 Å². The van der Waals surface area contributed by atoms with Crippen molar-refractivity contribution in [3.8, 4) is 33.5 Å². The van der Waals surface area contributed by atoms with Gasteiger partial charge in [-0.25, -0.2) is 9.97 Å². The number of hydrogen-bond donors (Lipinski definition) is 2. The number of phenolic OH excluding ortho intramolecular Hbond substituents is 2. The van der Waals surface area contributed by atoms with E-state index in [1.807, 2.05) is 72.8 Å². The number of thiazole rings is 1. The number of para-hydroxylation sites is 5. The van der Waals surface area contributed by atoms with E-state index in [2.05, 4.69) is 9.97 Å². The van der Waals surface area contributed by atoms with Gasteiger partial charge in [-0.2, -0.15) is 0 Å². The first-order valence-electron chi connectivity index (χ1n) is 9.97. The van der Waals surface area contributed by atoms with E-state index in [1.54, 1.807) is 35.6 Å². The van der Waals surface area contributed by atoms with Gasteiger partial charge in [-0.05, 0) is 48.5 Å². The number of aromatic hydroxyl groups is 2. The SMILES string of the molecule is Oc1ccccc1-c1nc2ccccc2o1.Oc1ccccc1-c1nc2ccccc2s1.[Zn]. The van der Waals surface area contributed by atoms with Gasteiger partial charge in [0, 0.05) is 19.5 Å². The van der Waals surface area contributed by atoms with Crippen LogP contribution in [0.1, 0.15) is 0 Å². The summed E-state index contributed by atoms with van der Waals surface area (Å²) >= 11 is 1.59. The van der Waals surface area contributed by atoms with Crippen LogP contribution >= 0.6 is 11.3 Å². The van der Waals surface area contributed by atoms with E-state index >= 15 is 0 Å². The summed E-state index contributed by atoms with van der Waals surface area (Å²) < 4.78 is 6.70. The van der Waals surface area contributed by atoms with Gasteiger partial charge in [-0.15, -0.1) is 11.3 Å². The monoisotopic (exact) mass is 502 g/mol. The van der Waals surface area contributed by atoms with E-state index in [9.17, 15) is 10.2 Å². The van der Waals surface area contributed by atoms with Crippen LogP contribution in [0.5, 0.6) is 11.5 Å². The topological polar surface area (TPSA) is 79.4 Å².